The van der Waals surface area contributed by atoms with Crippen LogP contribution in [0.5, 0.6) is 0 Å². The van der Waals surface area contributed by atoms with Crippen LogP contribution in [0.4, 0.5) is 4.79 Å². The minimum atomic E-state index is -0.690. The normalized spacial score (nSPS) is 12.0. The number of methoxy groups -OCH3 is 1. The molecule has 0 spiro atoms. The molecule has 0 saturated heterocycles. The Morgan fingerprint density at radius 3 is 2.12 bits per heavy atom. The van der Waals surface area contributed by atoms with E-state index in [0.29, 0.717) is 0 Å². The Balaban J connectivity index is 1.59. The van der Waals surface area contributed by atoms with Crippen molar-refractivity contribution in [3.05, 3.63) is 59.7 Å². The highest BCUT2D eigenvalue weighted by Crippen LogP contribution is 2.44. The molecule has 0 aromatic heterocycles. The predicted molar refractivity (Wildman–Crippen MR) is 94.7 cm³/mol. The Bertz CT molecular complexity index is 800. The molecule has 1 N–H and O–H groups in total. The van der Waals surface area contributed by atoms with Crippen molar-refractivity contribution in [3.63, 3.8) is 0 Å². The third-order valence-corrected chi connectivity index (χ3v) is 4.34. The maximum absolute atomic E-state index is 11.9. The standard InChI is InChI=1S/C20H19NO5/c1-25-19(23)10-13(22)11-21-20(24)26-12-18-16-8-4-2-6-14(16)15-7-3-5-9-17(15)18/h2-9,18H,10-12H2,1H3,(H,21,24). The lowest BCUT2D eigenvalue weighted by atomic mass is 9.98. The lowest BCUT2D eigenvalue weighted by Gasteiger charge is -2.14. The summed E-state index contributed by atoms with van der Waals surface area (Å²) in [5.41, 5.74) is 4.52. The second-order valence-electron chi connectivity index (χ2n) is 5.97. The number of carbonyl (C=O) groups excluding carboxylic acids is 3. The highest BCUT2D eigenvalue weighted by atomic mass is 16.5. The Kier molecular flexibility index (Phi) is 5.31. The number of carbonyl (C=O) groups is 3. The van der Waals surface area contributed by atoms with Crippen LogP contribution < -0.4 is 5.32 Å². The van der Waals surface area contributed by atoms with E-state index in [9.17, 15) is 14.4 Å². The SMILES string of the molecule is COC(=O)CC(=O)CNC(=O)OCC1c2ccccc2-c2ccccc21. The van der Waals surface area contributed by atoms with Crippen molar-refractivity contribution in [3.8, 4) is 11.1 Å². The van der Waals surface area contributed by atoms with Crippen molar-refractivity contribution in [1.29, 1.82) is 0 Å². The van der Waals surface area contributed by atoms with Gasteiger partial charge in [-0.1, -0.05) is 48.5 Å². The quantitative estimate of drug-likeness (QED) is 0.638. The molecular formula is C20H19NO5. The number of hydrogen-bond acceptors (Lipinski definition) is 5. The summed E-state index contributed by atoms with van der Waals surface area (Å²) in [6.45, 7) is -0.100. The first kappa shape index (κ1) is 17.7. The summed E-state index contributed by atoms with van der Waals surface area (Å²) in [5.74, 6) is -1.12. The van der Waals surface area contributed by atoms with Crippen molar-refractivity contribution in [2.75, 3.05) is 20.3 Å². The maximum atomic E-state index is 11.9. The van der Waals surface area contributed by atoms with Gasteiger partial charge in [0.2, 0.25) is 0 Å². The fourth-order valence-electron chi connectivity index (χ4n) is 3.12. The fourth-order valence-corrected chi connectivity index (χ4v) is 3.12. The minimum absolute atomic E-state index is 0.0427. The van der Waals surface area contributed by atoms with Gasteiger partial charge in [0.05, 0.1) is 13.7 Å². The van der Waals surface area contributed by atoms with Gasteiger partial charge in [0, 0.05) is 5.92 Å². The van der Waals surface area contributed by atoms with E-state index in [1.54, 1.807) is 0 Å². The summed E-state index contributed by atoms with van der Waals surface area (Å²) < 4.78 is 9.71. The van der Waals surface area contributed by atoms with Crippen LogP contribution in [0.1, 0.15) is 23.5 Å². The molecule has 1 aliphatic carbocycles. The van der Waals surface area contributed by atoms with Gasteiger partial charge in [-0.15, -0.1) is 0 Å². The Morgan fingerprint density at radius 1 is 0.962 bits per heavy atom. The molecule has 0 heterocycles. The molecule has 1 aliphatic rings. The third kappa shape index (κ3) is 3.74. The van der Waals surface area contributed by atoms with Crippen molar-refractivity contribution in [2.45, 2.75) is 12.3 Å². The molecule has 2 aromatic rings. The van der Waals surface area contributed by atoms with Crippen molar-refractivity contribution in [2.24, 2.45) is 0 Å². The Hall–Kier alpha value is -3.15. The zero-order valence-corrected chi connectivity index (χ0v) is 14.4. The monoisotopic (exact) mass is 353 g/mol. The number of fused-ring (bicyclic) bond motifs is 3. The van der Waals surface area contributed by atoms with Gasteiger partial charge in [-0.25, -0.2) is 4.79 Å². The first-order valence-electron chi connectivity index (χ1n) is 8.27. The van der Waals surface area contributed by atoms with E-state index in [-0.39, 0.29) is 25.5 Å². The van der Waals surface area contributed by atoms with E-state index in [1.807, 2.05) is 36.4 Å². The number of rotatable bonds is 6. The average Bonchev–Trinajstić information content (AvgIpc) is 2.98. The minimum Gasteiger partial charge on any atom is -0.469 e. The predicted octanol–water partition coefficient (Wildman–Crippen LogP) is 2.66. The van der Waals surface area contributed by atoms with Gasteiger partial charge in [-0.3, -0.25) is 9.59 Å². The molecule has 134 valence electrons. The number of alkyl carbamates (subject to hydrolysis) is 1. The molecule has 6 nitrogen and oxygen atoms in total. The summed E-state index contributed by atoms with van der Waals surface area (Å²) in [6, 6.07) is 16.1. The Labute approximate surface area is 151 Å². The zero-order valence-electron chi connectivity index (χ0n) is 14.4. The maximum Gasteiger partial charge on any atom is 0.407 e. The molecule has 1 amide bonds. The second kappa shape index (κ2) is 7.82. The highest BCUT2D eigenvalue weighted by Gasteiger charge is 2.29. The van der Waals surface area contributed by atoms with E-state index in [2.05, 4.69) is 22.2 Å². The first-order chi connectivity index (χ1) is 12.6. The largest absolute Gasteiger partial charge is 0.469 e. The number of ether oxygens (including phenoxy) is 2. The van der Waals surface area contributed by atoms with Crippen LogP contribution in [-0.2, 0) is 19.1 Å². The molecule has 26 heavy (non-hydrogen) atoms. The summed E-state index contributed by atoms with van der Waals surface area (Å²) in [6.07, 6.45) is -1.06. The number of benzene rings is 2. The number of amides is 1. The molecule has 0 saturated carbocycles. The van der Waals surface area contributed by atoms with Gasteiger partial charge in [-0.2, -0.15) is 0 Å². The van der Waals surface area contributed by atoms with Crippen LogP contribution in [0.3, 0.4) is 0 Å². The zero-order chi connectivity index (χ0) is 18.5. The van der Waals surface area contributed by atoms with Gasteiger partial charge < -0.3 is 14.8 Å². The van der Waals surface area contributed by atoms with Crippen molar-refractivity contribution in [1.82, 2.24) is 5.32 Å². The Morgan fingerprint density at radius 2 is 1.54 bits per heavy atom. The summed E-state index contributed by atoms with van der Waals surface area (Å²) in [7, 11) is 1.20. The van der Waals surface area contributed by atoms with Gasteiger partial charge in [0.1, 0.15) is 13.0 Å². The van der Waals surface area contributed by atoms with Crippen LogP contribution in [0, 0.1) is 0 Å². The first-order valence-corrected chi connectivity index (χ1v) is 8.27. The third-order valence-electron chi connectivity index (χ3n) is 4.34. The highest BCUT2D eigenvalue weighted by molar-refractivity contribution is 5.97. The van der Waals surface area contributed by atoms with Gasteiger partial charge >= 0.3 is 12.1 Å². The summed E-state index contributed by atoms with van der Waals surface area (Å²) in [4.78, 5) is 34.4. The van der Waals surface area contributed by atoms with E-state index in [4.69, 9.17) is 4.74 Å². The van der Waals surface area contributed by atoms with Crippen LogP contribution in [-0.4, -0.2) is 38.1 Å². The molecule has 3 rings (SSSR count). The molecule has 0 bridgehead atoms. The average molecular weight is 353 g/mol. The van der Waals surface area contributed by atoms with Crippen molar-refractivity contribution >= 4 is 17.8 Å². The summed E-state index contributed by atoms with van der Waals surface area (Å²) >= 11 is 0. The molecule has 2 aromatic carbocycles. The smallest absolute Gasteiger partial charge is 0.407 e. The van der Waals surface area contributed by atoms with Gasteiger partial charge in [0.25, 0.3) is 0 Å². The lowest BCUT2D eigenvalue weighted by Crippen LogP contribution is -2.32. The number of nitrogens with one attached hydrogen (secondary N) is 1. The van der Waals surface area contributed by atoms with E-state index < -0.39 is 17.8 Å². The van der Waals surface area contributed by atoms with Crippen LogP contribution in [0.15, 0.2) is 48.5 Å². The molecule has 0 aliphatic heterocycles. The molecule has 6 heteroatoms. The number of hydrogen-bond donors (Lipinski definition) is 1. The van der Waals surface area contributed by atoms with E-state index >= 15 is 0 Å². The molecule has 0 unspecified atom stereocenters. The van der Waals surface area contributed by atoms with Gasteiger partial charge in [-0.05, 0) is 22.3 Å². The van der Waals surface area contributed by atoms with Crippen LogP contribution in [0.25, 0.3) is 11.1 Å². The van der Waals surface area contributed by atoms with Gasteiger partial charge in [0.15, 0.2) is 5.78 Å². The molecule has 0 radical (unpaired) electrons. The number of ketones is 1. The lowest BCUT2D eigenvalue weighted by molar-refractivity contribution is -0.143. The molecule has 0 fully saturated rings. The van der Waals surface area contributed by atoms with Crippen LogP contribution in [0.2, 0.25) is 0 Å². The number of esters is 1. The second-order valence-corrected chi connectivity index (χ2v) is 5.97. The number of Topliss-reactive ketones (excluding diaryl/α,β-unsaturated/α-hetero) is 1. The van der Waals surface area contributed by atoms with Crippen LogP contribution >= 0.6 is 0 Å². The molecule has 0 atom stereocenters. The molecular weight excluding hydrogens is 334 g/mol. The fraction of sp³-hybridized carbons (Fsp3) is 0.250. The summed E-state index contributed by atoms with van der Waals surface area (Å²) in [5, 5.41) is 2.37. The van der Waals surface area contributed by atoms with E-state index in [1.165, 1.54) is 7.11 Å². The topological polar surface area (TPSA) is 81.7 Å². The van der Waals surface area contributed by atoms with E-state index in [0.717, 1.165) is 22.3 Å². The van der Waals surface area contributed by atoms with Crippen molar-refractivity contribution < 1.29 is 23.9 Å².